The SMILES string of the molecule is CCCC(CCC)Nc1nc(N)nc2ccn(Cc3ccc(C(=O)N4CCNCC4)cc3OC)c(=O)c12. The van der Waals surface area contributed by atoms with E-state index >= 15 is 0 Å². The van der Waals surface area contributed by atoms with Crippen LogP contribution in [0.15, 0.2) is 35.3 Å². The molecule has 1 fully saturated rings. The van der Waals surface area contributed by atoms with Crippen LogP contribution in [0.25, 0.3) is 10.9 Å². The van der Waals surface area contributed by atoms with Crippen LogP contribution in [0.2, 0.25) is 0 Å². The number of nitrogen functional groups attached to an aromatic ring is 1. The Kier molecular flexibility index (Phi) is 8.60. The molecule has 10 heteroatoms. The predicted octanol–water partition coefficient (Wildman–Crippen LogP) is 2.86. The molecule has 37 heavy (non-hydrogen) atoms. The monoisotopic (exact) mass is 507 g/mol. The number of carbonyl (C=O) groups is 1. The molecule has 1 aromatic carbocycles. The third-order valence-electron chi connectivity index (χ3n) is 6.74. The highest BCUT2D eigenvalue weighted by Gasteiger charge is 2.20. The molecule has 3 aromatic rings. The molecule has 0 atom stereocenters. The Balaban J connectivity index is 1.66. The first-order chi connectivity index (χ1) is 17.9. The van der Waals surface area contributed by atoms with Gasteiger partial charge in [0.15, 0.2) is 0 Å². The average molecular weight is 508 g/mol. The van der Waals surface area contributed by atoms with Gasteiger partial charge in [-0.2, -0.15) is 4.98 Å². The second-order valence-corrected chi connectivity index (χ2v) is 9.43. The third kappa shape index (κ3) is 6.02. The van der Waals surface area contributed by atoms with Gasteiger partial charge >= 0.3 is 0 Å². The predicted molar refractivity (Wildman–Crippen MR) is 146 cm³/mol. The van der Waals surface area contributed by atoms with Crippen LogP contribution in [-0.4, -0.2) is 64.7 Å². The molecule has 0 aliphatic carbocycles. The van der Waals surface area contributed by atoms with Crippen molar-refractivity contribution in [2.45, 2.75) is 52.1 Å². The number of rotatable bonds is 10. The Morgan fingerprint density at radius 2 is 1.89 bits per heavy atom. The molecule has 0 radical (unpaired) electrons. The molecule has 4 N–H and O–H groups in total. The van der Waals surface area contributed by atoms with Gasteiger partial charge in [0.2, 0.25) is 5.95 Å². The first-order valence-electron chi connectivity index (χ1n) is 13.0. The zero-order chi connectivity index (χ0) is 26.4. The lowest BCUT2D eigenvalue weighted by molar-refractivity contribution is 0.0735. The summed E-state index contributed by atoms with van der Waals surface area (Å²) in [5.74, 6) is 1.14. The van der Waals surface area contributed by atoms with Crippen molar-refractivity contribution >= 4 is 28.6 Å². The van der Waals surface area contributed by atoms with Gasteiger partial charge in [-0.15, -0.1) is 0 Å². The van der Waals surface area contributed by atoms with Crippen molar-refractivity contribution in [3.63, 3.8) is 0 Å². The number of piperazine rings is 1. The van der Waals surface area contributed by atoms with E-state index in [0.717, 1.165) is 44.3 Å². The lowest BCUT2D eigenvalue weighted by Gasteiger charge is -2.27. The molecule has 3 heterocycles. The topological polar surface area (TPSA) is 127 Å². The molecular weight excluding hydrogens is 470 g/mol. The smallest absolute Gasteiger partial charge is 0.264 e. The van der Waals surface area contributed by atoms with Crippen molar-refractivity contribution in [2.24, 2.45) is 0 Å². The maximum Gasteiger partial charge on any atom is 0.264 e. The molecule has 1 amide bonds. The quantitative estimate of drug-likeness (QED) is 0.382. The highest BCUT2D eigenvalue weighted by atomic mass is 16.5. The maximum atomic E-state index is 13.6. The third-order valence-corrected chi connectivity index (χ3v) is 6.74. The van der Waals surface area contributed by atoms with E-state index in [2.05, 4.69) is 34.4 Å². The molecular formula is C27H37N7O3. The zero-order valence-electron chi connectivity index (χ0n) is 21.9. The maximum absolute atomic E-state index is 13.6. The number of hydrogen-bond acceptors (Lipinski definition) is 8. The molecule has 1 aliphatic rings. The van der Waals surface area contributed by atoms with Crippen molar-refractivity contribution in [3.05, 3.63) is 51.9 Å². The number of methoxy groups -OCH3 is 1. The highest BCUT2D eigenvalue weighted by Crippen LogP contribution is 2.24. The average Bonchev–Trinajstić information content (AvgIpc) is 2.90. The van der Waals surface area contributed by atoms with E-state index in [1.165, 1.54) is 0 Å². The normalized spacial score (nSPS) is 13.8. The van der Waals surface area contributed by atoms with Crippen LogP contribution in [0.4, 0.5) is 11.8 Å². The molecule has 0 saturated carbocycles. The van der Waals surface area contributed by atoms with Gasteiger partial charge in [-0.3, -0.25) is 9.59 Å². The van der Waals surface area contributed by atoms with E-state index in [9.17, 15) is 9.59 Å². The Bertz CT molecular complexity index is 1300. The van der Waals surface area contributed by atoms with Crippen LogP contribution < -0.4 is 26.7 Å². The van der Waals surface area contributed by atoms with Crippen LogP contribution in [0.5, 0.6) is 5.75 Å². The fourth-order valence-electron chi connectivity index (χ4n) is 4.85. The van der Waals surface area contributed by atoms with Gasteiger partial charge in [0.1, 0.15) is 17.0 Å². The summed E-state index contributed by atoms with van der Waals surface area (Å²) < 4.78 is 7.23. The highest BCUT2D eigenvalue weighted by molar-refractivity contribution is 5.95. The van der Waals surface area contributed by atoms with Crippen LogP contribution in [0.3, 0.4) is 0 Å². The van der Waals surface area contributed by atoms with Gasteiger partial charge in [0.25, 0.3) is 11.5 Å². The van der Waals surface area contributed by atoms with Crippen molar-refractivity contribution < 1.29 is 9.53 Å². The number of nitrogens with zero attached hydrogens (tertiary/aromatic N) is 4. The number of benzene rings is 1. The Labute approximate surface area is 217 Å². The van der Waals surface area contributed by atoms with Gasteiger partial charge in [-0.1, -0.05) is 32.8 Å². The number of aromatic nitrogens is 3. The molecule has 0 bridgehead atoms. The summed E-state index contributed by atoms with van der Waals surface area (Å²) >= 11 is 0. The van der Waals surface area contributed by atoms with Crippen molar-refractivity contribution in [1.29, 1.82) is 0 Å². The van der Waals surface area contributed by atoms with Gasteiger partial charge in [-0.25, -0.2) is 4.98 Å². The summed E-state index contributed by atoms with van der Waals surface area (Å²) in [6.45, 7) is 7.48. The number of pyridine rings is 1. The minimum Gasteiger partial charge on any atom is -0.496 e. The first-order valence-corrected chi connectivity index (χ1v) is 13.0. The van der Waals surface area contributed by atoms with E-state index in [1.807, 2.05) is 11.0 Å². The summed E-state index contributed by atoms with van der Waals surface area (Å²) in [4.78, 5) is 37.1. The fraction of sp³-hybridized carbons (Fsp3) is 0.481. The number of ether oxygens (including phenoxy) is 1. The Hall–Kier alpha value is -3.66. The fourth-order valence-corrected chi connectivity index (χ4v) is 4.85. The van der Waals surface area contributed by atoms with Crippen LogP contribution in [0.1, 0.15) is 55.5 Å². The molecule has 4 rings (SSSR count). The van der Waals surface area contributed by atoms with E-state index < -0.39 is 0 Å². The van der Waals surface area contributed by atoms with E-state index in [4.69, 9.17) is 10.5 Å². The second-order valence-electron chi connectivity index (χ2n) is 9.43. The first kappa shape index (κ1) is 26.4. The molecule has 10 nitrogen and oxygen atoms in total. The molecule has 2 aromatic heterocycles. The molecule has 198 valence electrons. The van der Waals surface area contributed by atoms with Crippen molar-refractivity contribution in [3.8, 4) is 5.75 Å². The second kappa shape index (κ2) is 12.1. The number of fused-ring (bicyclic) bond motifs is 1. The van der Waals surface area contributed by atoms with Crippen LogP contribution in [0, 0.1) is 0 Å². The molecule has 0 unspecified atom stereocenters. The Morgan fingerprint density at radius 3 is 2.57 bits per heavy atom. The van der Waals surface area contributed by atoms with Gasteiger partial charge in [-0.05, 0) is 31.0 Å². The summed E-state index contributed by atoms with van der Waals surface area (Å²) in [5, 5.41) is 7.13. The van der Waals surface area contributed by atoms with Gasteiger partial charge in [0, 0.05) is 49.5 Å². The minimum atomic E-state index is -0.213. The summed E-state index contributed by atoms with van der Waals surface area (Å²) in [6.07, 6.45) is 5.68. The lowest BCUT2D eigenvalue weighted by Crippen LogP contribution is -2.46. The van der Waals surface area contributed by atoms with Gasteiger partial charge < -0.3 is 30.6 Å². The standard InChI is InChI=1S/C27H37N7O3/c1-4-6-20(7-5-2)30-24-23-21(31-27(28)32-24)10-13-34(26(23)36)17-19-9-8-18(16-22(19)37-3)25(35)33-14-11-29-12-15-33/h8-10,13,16,20,29H,4-7,11-12,14-15,17H2,1-3H3,(H3,28,30,31,32). The number of hydrogen-bond donors (Lipinski definition) is 3. The number of anilines is 2. The Morgan fingerprint density at radius 1 is 1.16 bits per heavy atom. The molecule has 1 aliphatic heterocycles. The number of nitrogens with two attached hydrogens (primary N) is 1. The largest absolute Gasteiger partial charge is 0.496 e. The van der Waals surface area contributed by atoms with Crippen molar-refractivity contribution in [2.75, 3.05) is 44.3 Å². The minimum absolute atomic E-state index is 0.0200. The summed E-state index contributed by atoms with van der Waals surface area (Å²) in [5.41, 5.74) is 7.63. The number of amides is 1. The zero-order valence-corrected chi connectivity index (χ0v) is 21.9. The van der Waals surface area contributed by atoms with E-state index in [1.54, 1.807) is 36.1 Å². The van der Waals surface area contributed by atoms with Crippen LogP contribution >= 0.6 is 0 Å². The van der Waals surface area contributed by atoms with Gasteiger partial charge in [0.05, 0.1) is 19.2 Å². The van der Waals surface area contributed by atoms with Crippen molar-refractivity contribution in [1.82, 2.24) is 24.8 Å². The van der Waals surface area contributed by atoms with Crippen LogP contribution in [-0.2, 0) is 6.54 Å². The lowest BCUT2D eigenvalue weighted by atomic mass is 10.1. The summed E-state index contributed by atoms with van der Waals surface area (Å²) in [6, 6.07) is 7.38. The molecule has 0 spiro atoms. The number of nitrogens with one attached hydrogen (secondary N) is 2. The van der Waals surface area contributed by atoms with E-state index in [0.29, 0.717) is 41.1 Å². The summed E-state index contributed by atoms with van der Waals surface area (Å²) in [7, 11) is 1.57. The van der Waals surface area contributed by atoms with E-state index in [-0.39, 0.29) is 30.0 Å². The number of carbonyl (C=O) groups excluding carboxylic acids is 1. The molecule has 1 saturated heterocycles.